The van der Waals surface area contributed by atoms with Gasteiger partial charge in [-0.3, -0.25) is 0 Å². The van der Waals surface area contributed by atoms with Gasteiger partial charge in [-0.2, -0.15) is 4.98 Å². The van der Waals surface area contributed by atoms with Crippen LogP contribution in [0.1, 0.15) is 35.7 Å². The lowest BCUT2D eigenvalue weighted by molar-refractivity contribution is 0.445. The lowest BCUT2D eigenvalue weighted by Crippen LogP contribution is -2.18. The van der Waals surface area contributed by atoms with Crippen molar-refractivity contribution in [1.82, 2.24) is 14.8 Å². The van der Waals surface area contributed by atoms with E-state index in [1.807, 2.05) is 4.68 Å². The Morgan fingerprint density at radius 2 is 2.18 bits per heavy atom. The first-order valence-corrected chi connectivity index (χ1v) is 6.01. The highest BCUT2D eigenvalue weighted by molar-refractivity contribution is 5.34. The van der Waals surface area contributed by atoms with E-state index in [9.17, 15) is 0 Å². The van der Waals surface area contributed by atoms with E-state index in [1.165, 1.54) is 11.1 Å². The van der Waals surface area contributed by atoms with Crippen LogP contribution in [-0.2, 0) is 6.54 Å². The minimum absolute atomic E-state index is 0.342. The SMILES string of the molecule is Cc1ccccc1C1CCCn2nc(N)nc21. The molecule has 4 nitrogen and oxygen atoms in total. The maximum Gasteiger partial charge on any atom is 0.239 e. The van der Waals surface area contributed by atoms with Crippen molar-refractivity contribution < 1.29 is 0 Å². The third-order valence-electron chi connectivity index (χ3n) is 3.45. The van der Waals surface area contributed by atoms with Crippen molar-refractivity contribution in [3.05, 3.63) is 41.2 Å². The summed E-state index contributed by atoms with van der Waals surface area (Å²) in [6, 6.07) is 8.48. The van der Waals surface area contributed by atoms with Crippen molar-refractivity contribution in [3.8, 4) is 0 Å². The van der Waals surface area contributed by atoms with Crippen LogP contribution >= 0.6 is 0 Å². The number of hydrogen-bond acceptors (Lipinski definition) is 3. The predicted molar refractivity (Wildman–Crippen MR) is 66.7 cm³/mol. The summed E-state index contributed by atoms with van der Waals surface area (Å²) < 4.78 is 1.95. The molecule has 2 heterocycles. The smallest absolute Gasteiger partial charge is 0.239 e. The van der Waals surface area contributed by atoms with Crippen molar-refractivity contribution in [2.45, 2.75) is 32.2 Å². The zero-order valence-corrected chi connectivity index (χ0v) is 9.93. The second kappa shape index (κ2) is 3.87. The summed E-state index contributed by atoms with van der Waals surface area (Å²) in [5.41, 5.74) is 8.35. The van der Waals surface area contributed by atoms with E-state index in [1.54, 1.807) is 0 Å². The molecule has 1 aliphatic rings. The van der Waals surface area contributed by atoms with Crippen molar-refractivity contribution in [3.63, 3.8) is 0 Å². The van der Waals surface area contributed by atoms with Crippen LogP contribution in [0.3, 0.4) is 0 Å². The molecule has 1 atom stereocenters. The lowest BCUT2D eigenvalue weighted by atomic mass is 9.88. The van der Waals surface area contributed by atoms with Gasteiger partial charge in [0.15, 0.2) is 0 Å². The van der Waals surface area contributed by atoms with Gasteiger partial charge in [0, 0.05) is 12.5 Å². The number of benzene rings is 1. The van der Waals surface area contributed by atoms with Crippen LogP contribution in [0.5, 0.6) is 0 Å². The third-order valence-corrected chi connectivity index (χ3v) is 3.45. The number of nitrogens with two attached hydrogens (primary N) is 1. The van der Waals surface area contributed by atoms with Gasteiger partial charge in [-0.25, -0.2) is 4.68 Å². The van der Waals surface area contributed by atoms with E-state index in [2.05, 4.69) is 41.3 Å². The fraction of sp³-hybridized carbons (Fsp3) is 0.385. The number of aryl methyl sites for hydroxylation is 2. The van der Waals surface area contributed by atoms with Gasteiger partial charge in [-0.05, 0) is 30.9 Å². The molecule has 0 amide bonds. The van der Waals surface area contributed by atoms with Crippen molar-refractivity contribution in [2.75, 3.05) is 5.73 Å². The van der Waals surface area contributed by atoms with Crippen LogP contribution in [0.25, 0.3) is 0 Å². The van der Waals surface area contributed by atoms with E-state index in [4.69, 9.17) is 5.73 Å². The number of aromatic nitrogens is 3. The summed E-state index contributed by atoms with van der Waals surface area (Å²) in [6.07, 6.45) is 2.26. The molecule has 4 heteroatoms. The molecule has 2 N–H and O–H groups in total. The van der Waals surface area contributed by atoms with Crippen LogP contribution in [-0.4, -0.2) is 14.8 Å². The highest BCUT2D eigenvalue weighted by atomic mass is 15.4. The van der Waals surface area contributed by atoms with Gasteiger partial charge in [0.1, 0.15) is 5.82 Å². The molecule has 1 aliphatic heterocycles. The number of rotatable bonds is 1. The number of fused-ring (bicyclic) bond motifs is 1. The molecular formula is C13H16N4. The van der Waals surface area contributed by atoms with Crippen LogP contribution in [0.4, 0.5) is 5.95 Å². The summed E-state index contributed by atoms with van der Waals surface area (Å²) >= 11 is 0. The molecule has 88 valence electrons. The minimum atomic E-state index is 0.342. The molecule has 0 fully saturated rings. The van der Waals surface area contributed by atoms with E-state index in [0.29, 0.717) is 11.9 Å². The fourth-order valence-corrected chi connectivity index (χ4v) is 2.64. The molecule has 0 radical (unpaired) electrons. The topological polar surface area (TPSA) is 56.7 Å². The van der Waals surface area contributed by atoms with Gasteiger partial charge in [0.25, 0.3) is 0 Å². The van der Waals surface area contributed by atoms with Crippen LogP contribution in [0.2, 0.25) is 0 Å². The first-order valence-electron chi connectivity index (χ1n) is 6.01. The average molecular weight is 228 g/mol. The van der Waals surface area contributed by atoms with Gasteiger partial charge in [0.2, 0.25) is 5.95 Å². The van der Waals surface area contributed by atoms with Gasteiger partial charge >= 0.3 is 0 Å². The highest BCUT2D eigenvalue weighted by Crippen LogP contribution is 2.33. The second-order valence-electron chi connectivity index (χ2n) is 4.60. The molecule has 1 aromatic heterocycles. The molecule has 0 aliphatic carbocycles. The molecule has 17 heavy (non-hydrogen) atoms. The molecule has 0 spiro atoms. The average Bonchev–Trinajstić information content (AvgIpc) is 2.70. The largest absolute Gasteiger partial charge is 0.366 e. The quantitative estimate of drug-likeness (QED) is 0.813. The van der Waals surface area contributed by atoms with Gasteiger partial charge in [-0.15, -0.1) is 5.10 Å². The highest BCUT2D eigenvalue weighted by Gasteiger charge is 2.25. The predicted octanol–water partition coefficient (Wildman–Crippen LogP) is 2.09. The molecule has 0 saturated heterocycles. The Labute approximate surface area is 100 Å². The zero-order valence-electron chi connectivity index (χ0n) is 9.93. The third kappa shape index (κ3) is 1.69. The summed E-state index contributed by atoms with van der Waals surface area (Å²) in [5, 5.41) is 4.24. The Morgan fingerprint density at radius 3 is 3.00 bits per heavy atom. The number of hydrogen-bond donors (Lipinski definition) is 1. The lowest BCUT2D eigenvalue weighted by Gasteiger charge is -2.23. The number of nitrogens with zero attached hydrogens (tertiary/aromatic N) is 3. The van der Waals surface area contributed by atoms with Crippen molar-refractivity contribution in [2.24, 2.45) is 0 Å². The van der Waals surface area contributed by atoms with Gasteiger partial charge in [-0.1, -0.05) is 24.3 Å². The summed E-state index contributed by atoms with van der Waals surface area (Å²) in [5.74, 6) is 1.75. The van der Waals surface area contributed by atoms with Crippen LogP contribution in [0, 0.1) is 6.92 Å². The Morgan fingerprint density at radius 1 is 1.35 bits per heavy atom. The van der Waals surface area contributed by atoms with Gasteiger partial charge in [0.05, 0.1) is 0 Å². The molecule has 3 rings (SSSR count). The first kappa shape index (κ1) is 10.3. The Hall–Kier alpha value is -1.84. The van der Waals surface area contributed by atoms with Crippen molar-refractivity contribution >= 4 is 5.95 Å². The maximum absolute atomic E-state index is 5.69. The van der Waals surface area contributed by atoms with Crippen LogP contribution in [0.15, 0.2) is 24.3 Å². The maximum atomic E-state index is 5.69. The molecule has 1 unspecified atom stereocenters. The Bertz CT molecular complexity index is 544. The van der Waals surface area contributed by atoms with E-state index in [0.717, 1.165) is 25.2 Å². The number of anilines is 1. The minimum Gasteiger partial charge on any atom is -0.366 e. The van der Waals surface area contributed by atoms with E-state index >= 15 is 0 Å². The molecule has 0 bridgehead atoms. The second-order valence-corrected chi connectivity index (χ2v) is 4.60. The van der Waals surface area contributed by atoms with E-state index < -0.39 is 0 Å². The molecule has 2 aromatic rings. The first-order chi connectivity index (χ1) is 8.25. The standard InChI is InChI=1S/C13H16N4/c1-9-5-2-3-6-10(9)11-7-4-8-17-12(11)15-13(14)16-17/h2-3,5-6,11H,4,7-8H2,1H3,(H2,14,16). The van der Waals surface area contributed by atoms with Gasteiger partial charge < -0.3 is 5.73 Å². The Balaban J connectivity index is 2.09. The van der Waals surface area contributed by atoms with E-state index in [-0.39, 0.29) is 0 Å². The molecule has 0 saturated carbocycles. The summed E-state index contributed by atoms with van der Waals surface area (Å²) in [6.45, 7) is 3.08. The molecular weight excluding hydrogens is 212 g/mol. The monoisotopic (exact) mass is 228 g/mol. The zero-order chi connectivity index (χ0) is 11.8. The Kier molecular flexibility index (Phi) is 2.35. The number of nitrogen functional groups attached to an aromatic ring is 1. The summed E-state index contributed by atoms with van der Waals surface area (Å²) in [7, 11) is 0. The summed E-state index contributed by atoms with van der Waals surface area (Å²) in [4.78, 5) is 4.38. The van der Waals surface area contributed by atoms with Crippen molar-refractivity contribution in [1.29, 1.82) is 0 Å². The van der Waals surface area contributed by atoms with Crippen LogP contribution < -0.4 is 5.73 Å². The fourth-order valence-electron chi connectivity index (χ4n) is 2.64. The normalized spacial score (nSPS) is 19.0. The molecule has 1 aromatic carbocycles.